The first-order valence-electron chi connectivity index (χ1n) is 7.51. The molecule has 114 valence electrons. The van der Waals surface area contributed by atoms with Crippen molar-refractivity contribution in [1.29, 1.82) is 5.26 Å². The Bertz CT molecular complexity index is 1040. The molecule has 0 amide bonds. The number of imidazole rings is 1. The van der Waals surface area contributed by atoms with Gasteiger partial charge in [0.2, 0.25) is 0 Å². The van der Waals surface area contributed by atoms with Gasteiger partial charge in [-0.05, 0) is 24.3 Å². The lowest BCUT2D eigenvalue weighted by molar-refractivity contribution is 0.970. The molecule has 0 atom stereocenters. The molecule has 5 heteroatoms. The second-order valence-electron chi connectivity index (χ2n) is 5.29. The summed E-state index contributed by atoms with van der Waals surface area (Å²) in [7, 11) is 0. The van der Waals surface area contributed by atoms with Crippen molar-refractivity contribution in [2.45, 2.75) is 0 Å². The molecule has 0 unspecified atom stereocenters. The van der Waals surface area contributed by atoms with Crippen molar-refractivity contribution in [1.82, 2.24) is 14.6 Å². The number of hydrogen-bond donors (Lipinski definition) is 1. The zero-order valence-corrected chi connectivity index (χ0v) is 12.7. The van der Waals surface area contributed by atoms with Crippen molar-refractivity contribution in [2.75, 3.05) is 5.43 Å². The Kier molecular flexibility index (Phi) is 3.41. The van der Waals surface area contributed by atoms with Crippen LogP contribution in [0.15, 0.2) is 73.1 Å². The van der Waals surface area contributed by atoms with Gasteiger partial charge in [0.15, 0.2) is 0 Å². The standard InChI is InChI=1S/C19H13N5/c20-12-15-10-11-18(22-19(15)14-6-2-1-3-7-14)23-24-13-21-16-8-4-5-9-17(16)24/h1-11,13H,(H,22,23). The Morgan fingerprint density at radius 2 is 1.71 bits per heavy atom. The highest BCUT2D eigenvalue weighted by atomic mass is 15.4. The third-order valence-corrected chi connectivity index (χ3v) is 3.75. The zero-order valence-electron chi connectivity index (χ0n) is 12.7. The van der Waals surface area contributed by atoms with Gasteiger partial charge in [0.25, 0.3) is 0 Å². The topological polar surface area (TPSA) is 66.5 Å². The number of para-hydroxylation sites is 2. The molecule has 0 spiro atoms. The Morgan fingerprint density at radius 1 is 0.917 bits per heavy atom. The van der Waals surface area contributed by atoms with E-state index in [1.54, 1.807) is 18.5 Å². The molecular formula is C19H13N5. The van der Waals surface area contributed by atoms with Gasteiger partial charge in [-0.2, -0.15) is 5.26 Å². The van der Waals surface area contributed by atoms with Gasteiger partial charge >= 0.3 is 0 Å². The number of rotatable bonds is 3. The Morgan fingerprint density at radius 3 is 2.54 bits per heavy atom. The maximum atomic E-state index is 9.34. The van der Waals surface area contributed by atoms with E-state index in [4.69, 9.17) is 0 Å². The lowest BCUT2D eigenvalue weighted by Gasteiger charge is -2.10. The van der Waals surface area contributed by atoms with Crippen LogP contribution < -0.4 is 5.43 Å². The smallest absolute Gasteiger partial charge is 0.145 e. The van der Waals surface area contributed by atoms with E-state index in [1.807, 2.05) is 59.3 Å². The van der Waals surface area contributed by atoms with Gasteiger partial charge in [0.05, 0.1) is 22.3 Å². The molecule has 0 bridgehead atoms. The van der Waals surface area contributed by atoms with Gasteiger partial charge in [-0.25, -0.2) is 14.6 Å². The number of hydrogen-bond acceptors (Lipinski definition) is 4. The minimum Gasteiger partial charge on any atom is -0.276 e. The molecule has 2 aromatic heterocycles. The molecule has 0 aliphatic rings. The van der Waals surface area contributed by atoms with Crippen molar-refractivity contribution >= 4 is 16.9 Å². The van der Waals surface area contributed by atoms with Crippen molar-refractivity contribution in [2.24, 2.45) is 0 Å². The van der Waals surface area contributed by atoms with Gasteiger partial charge in [-0.1, -0.05) is 42.5 Å². The van der Waals surface area contributed by atoms with Gasteiger partial charge in [0, 0.05) is 5.56 Å². The summed E-state index contributed by atoms with van der Waals surface area (Å²) in [6.45, 7) is 0. The van der Waals surface area contributed by atoms with E-state index in [1.165, 1.54) is 0 Å². The maximum absolute atomic E-state index is 9.34. The van der Waals surface area contributed by atoms with Crippen molar-refractivity contribution in [3.8, 4) is 17.3 Å². The van der Waals surface area contributed by atoms with E-state index in [2.05, 4.69) is 21.5 Å². The fourth-order valence-corrected chi connectivity index (χ4v) is 2.60. The lowest BCUT2D eigenvalue weighted by atomic mass is 10.1. The molecule has 4 rings (SSSR count). The Hall–Kier alpha value is -3.65. The molecule has 0 saturated carbocycles. The second kappa shape index (κ2) is 5.86. The minimum absolute atomic E-state index is 0.544. The van der Waals surface area contributed by atoms with Crippen LogP contribution in [0.4, 0.5) is 5.82 Å². The average molecular weight is 311 g/mol. The molecule has 0 radical (unpaired) electrons. The summed E-state index contributed by atoms with van der Waals surface area (Å²) in [4.78, 5) is 8.96. The highest BCUT2D eigenvalue weighted by Crippen LogP contribution is 2.23. The molecule has 0 saturated heterocycles. The van der Waals surface area contributed by atoms with Crippen molar-refractivity contribution in [3.63, 3.8) is 0 Å². The molecule has 24 heavy (non-hydrogen) atoms. The summed E-state index contributed by atoms with van der Waals surface area (Å²) >= 11 is 0. The first-order chi connectivity index (χ1) is 11.8. The predicted octanol–water partition coefficient (Wildman–Crippen LogP) is 3.85. The van der Waals surface area contributed by atoms with Gasteiger partial charge in [0.1, 0.15) is 18.2 Å². The monoisotopic (exact) mass is 311 g/mol. The maximum Gasteiger partial charge on any atom is 0.145 e. The molecule has 4 aromatic rings. The SMILES string of the molecule is N#Cc1ccc(Nn2cnc3ccccc32)nc1-c1ccccc1. The highest BCUT2D eigenvalue weighted by molar-refractivity contribution is 5.76. The summed E-state index contributed by atoms with van der Waals surface area (Å²) in [5.74, 6) is 0.649. The summed E-state index contributed by atoms with van der Waals surface area (Å²) in [6.07, 6.45) is 1.72. The minimum atomic E-state index is 0.544. The van der Waals surface area contributed by atoms with Crippen LogP contribution in [0.1, 0.15) is 5.56 Å². The molecule has 1 N–H and O–H groups in total. The number of aromatic nitrogens is 3. The average Bonchev–Trinajstić information content (AvgIpc) is 3.05. The first-order valence-corrected chi connectivity index (χ1v) is 7.51. The quantitative estimate of drug-likeness (QED) is 0.624. The fourth-order valence-electron chi connectivity index (χ4n) is 2.60. The van der Waals surface area contributed by atoms with Crippen molar-refractivity contribution in [3.05, 3.63) is 78.6 Å². The van der Waals surface area contributed by atoms with E-state index in [9.17, 15) is 5.26 Å². The van der Waals surface area contributed by atoms with E-state index in [0.29, 0.717) is 17.1 Å². The number of nitriles is 1. The normalized spacial score (nSPS) is 10.5. The lowest BCUT2D eigenvalue weighted by Crippen LogP contribution is -2.09. The van der Waals surface area contributed by atoms with Crippen LogP contribution in [0.5, 0.6) is 0 Å². The molecular weight excluding hydrogens is 298 g/mol. The van der Waals surface area contributed by atoms with E-state index in [-0.39, 0.29) is 0 Å². The van der Waals surface area contributed by atoms with Crippen LogP contribution in [0.2, 0.25) is 0 Å². The van der Waals surface area contributed by atoms with Crippen molar-refractivity contribution < 1.29 is 0 Å². The summed E-state index contributed by atoms with van der Waals surface area (Å²) in [6, 6.07) is 23.3. The first kappa shape index (κ1) is 14.0. The number of fused-ring (bicyclic) bond motifs is 1. The summed E-state index contributed by atoms with van der Waals surface area (Å²) < 4.78 is 1.82. The fraction of sp³-hybridized carbons (Fsp3) is 0. The van der Waals surface area contributed by atoms with E-state index in [0.717, 1.165) is 16.6 Å². The van der Waals surface area contributed by atoms with E-state index >= 15 is 0 Å². The van der Waals surface area contributed by atoms with Gasteiger partial charge in [-0.3, -0.25) is 5.43 Å². The highest BCUT2D eigenvalue weighted by Gasteiger charge is 2.09. The van der Waals surface area contributed by atoms with Crippen LogP contribution in [-0.2, 0) is 0 Å². The second-order valence-corrected chi connectivity index (χ2v) is 5.29. The summed E-state index contributed by atoms with van der Waals surface area (Å²) in [5.41, 5.74) is 7.20. The number of anilines is 1. The Balaban J connectivity index is 1.76. The van der Waals surface area contributed by atoms with Crippen LogP contribution in [0.25, 0.3) is 22.3 Å². The van der Waals surface area contributed by atoms with Crippen LogP contribution in [-0.4, -0.2) is 14.6 Å². The molecule has 2 aromatic carbocycles. The zero-order chi connectivity index (χ0) is 16.4. The summed E-state index contributed by atoms with van der Waals surface area (Å²) in [5, 5.41) is 9.34. The van der Waals surface area contributed by atoms with Crippen LogP contribution in [0.3, 0.4) is 0 Å². The third kappa shape index (κ3) is 2.46. The largest absolute Gasteiger partial charge is 0.276 e. The van der Waals surface area contributed by atoms with Crippen LogP contribution >= 0.6 is 0 Å². The number of benzene rings is 2. The molecule has 0 aliphatic heterocycles. The molecule has 0 aliphatic carbocycles. The van der Waals surface area contributed by atoms with E-state index < -0.39 is 0 Å². The number of pyridine rings is 1. The van der Waals surface area contributed by atoms with Gasteiger partial charge in [-0.15, -0.1) is 0 Å². The van der Waals surface area contributed by atoms with Crippen LogP contribution in [0, 0.1) is 11.3 Å². The molecule has 5 nitrogen and oxygen atoms in total. The Labute approximate surface area is 138 Å². The predicted molar refractivity (Wildman–Crippen MR) is 93.1 cm³/mol. The number of nitrogens with zero attached hydrogens (tertiary/aromatic N) is 4. The molecule has 0 fully saturated rings. The third-order valence-electron chi connectivity index (χ3n) is 3.75. The molecule has 2 heterocycles. The number of nitrogens with one attached hydrogen (secondary N) is 1. The van der Waals surface area contributed by atoms with Gasteiger partial charge < -0.3 is 0 Å².